The third kappa shape index (κ3) is 6.27. The molecule has 44 valence electrons. The average molecular weight is 120 g/mol. The van der Waals surface area contributed by atoms with Gasteiger partial charge >= 0.3 is 0 Å². The molecule has 0 spiro atoms. The van der Waals surface area contributed by atoms with Crippen molar-refractivity contribution in [1.29, 1.82) is 0 Å². The Kier molecular flexibility index (Phi) is 4.60. The van der Waals surface area contributed by atoms with E-state index in [9.17, 15) is 0 Å². The van der Waals surface area contributed by atoms with Gasteiger partial charge in [-0.25, -0.2) is 0 Å². The summed E-state index contributed by atoms with van der Waals surface area (Å²) in [6.07, 6.45) is 0. The summed E-state index contributed by atoms with van der Waals surface area (Å²) in [5.41, 5.74) is 3.05. The maximum atomic E-state index is 4.01. The molecule has 3 heteroatoms. The number of nitrogens with one attached hydrogen (secondary N) is 1. The first kappa shape index (κ1) is 7.27. The number of rotatable bonds is 3. The predicted molar refractivity (Wildman–Crippen MR) is 35.5 cm³/mol. The highest BCUT2D eigenvalue weighted by Crippen LogP contribution is 1.68. The summed E-state index contributed by atoms with van der Waals surface area (Å²) in [4.78, 5) is 0. The Bertz CT molecular complexity index is 38.7. The van der Waals surface area contributed by atoms with E-state index in [1.807, 2.05) is 19.1 Å². The molecule has 0 saturated carbocycles. The van der Waals surface area contributed by atoms with Crippen molar-refractivity contribution in [2.24, 2.45) is 0 Å². The van der Waals surface area contributed by atoms with Gasteiger partial charge in [-0.2, -0.15) is 12.6 Å². The highest BCUT2D eigenvalue weighted by Gasteiger charge is 1.80. The van der Waals surface area contributed by atoms with Gasteiger partial charge in [0.25, 0.3) is 0 Å². The Balaban J connectivity index is 2.68. The van der Waals surface area contributed by atoms with Crippen LogP contribution < -0.4 is 5.43 Å². The highest BCUT2D eigenvalue weighted by molar-refractivity contribution is 7.80. The number of nitrogens with zero attached hydrogens (tertiary/aromatic N) is 1. The quantitative estimate of drug-likeness (QED) is 0.402. The molecule has 0 aliphatic rings. The van der Waals surface area contributed by atoms with Crippen molar-refractivity contribution in [3.63, 3.8) is 0 Å². The van der Waals surface area contributed by atoms with E-state index in [2.05, 4.69) is 18.1 Å². The molecule has 1 N–H and O–H groups in total. The van der Waals surface area contributed by atoms with Gasteiger partial charge in [0.05, 0.1) is 0 Å². The third-order valence-corrected chi connectivity index (χ3v) is 0.763. The number of thiol groups is 1. The van der Waals surface area contributed by atoms with Crippen LogP contribution in [0.1, 0.15) is 0 Å². The molecular formula is C4H12N2S. The molecule has 0 rings (SSSR count). The van der Waals surface area contributed by atoms with E-state index < -0.39 is 0 Å². The van der Waals surface area contributed by atoms with Gasteiger partial charge in [0.1, 0.15) is 0 Å². The lowest BCUT2D eigenvalue weighted by Gasteiger charge is -2.08. The first-order chi connectivity index (χ1) is 3.27. The summed E-state index contributed by atoms with van der Waals surface area (Å²) in [5.74, 6) is 0.887. The topological polar surface area (TPSA) is 15.3 Å². The second-order valence-electron chi connectivity index (χ2n) is 1.53. The summed E-state index contributed by atoms with van der Waals surface area (Å²) in [6, 6.07) is 0. The molecule has 0 aliphatic carbocycles. The molecule has 0 amide bonds. The Morgan fingerprint density at radius 3 is 2.29 bits per heavy atom. The molecule has 0 bridgehead atoms. The van der Waals surface area contributed by atoms with Gasteiger partial charge < -0.3 is 0 Å². The second kappa shape index (κ2) is 4.43. The summed E-state index contributed by atoms with van der Waals surface area (Å²) < 4.78 is 0. The van der Waals surface area contributed by atoms with Crippen molar-refractivity contribution in [3.05, 3.63) is 0 Å². The van der Waals surface area contributed by atoms with Gasteiger partial charge in [-0.1, -0.05) is 0 Å². The highest BCUT2D eigenvalue weighted by atomic mass is 32.1. The van der Waals surface area contributed by atoms with Gasteiger partial charge in [0.15, 0.2) is 0 Å². The largest absolute Gasteiger partial charge is 0.255 e. The normalized spacial score (nSPS) is 10.3. The van der Waals surface area contributed by atoms with Crippen LogP contribution >= 0.6 is 12.6 Å². The Labute approximate surface area is 50.3 Å². The van der Waals surface area contributed by atoms with Crippen LogP contribution in [-0.4, -0.2) is 31.4 Å². The minimum atomic E-state index is 0.887. The van der Waals surface area contributed by atoms with Crippen molar-refractivity contribution in [2.45, 2.75) is 0 Å². The van der Waals surface area contributed by atoms with Crippen molar-refractivity contribution >= 4 is 12.6 Å². The number of hydrogen-bond acceptors (Lipinski definition) is 3. The van der Waals surface area contributed by atoms with Crippen LogP contribution in [0.5, 0.6) is 0 Å². The molecule has 2 nitrogen and oxygen atoms in total. The molecule has 0 heterocycles. The molecule has 0 fully saturated rings. The lowest BCUT2D eigenvalue weighted by molar-refractivity contribution is 0.300. The van der Waals surface area contributed by atoms with E-state index in [-0.39, 0.29) is 0 Å². The minimum Gasteiger partial charge on any atom is -0.255 e. The van der Waals surface area contributed by atoms with E-state index in [1.54, 1.807) is 0 Å². The van der Waals surface area contributed by atoms with Gasteiger partial charge in [0, 0.05) is 26.4 Å². The fraction of sp³-hybridized carbons (Fsp3) is 1.00. The predicted octanol–water partition coefficient (Wildman–Crippen LogP) is -0.0176. The fourth-order valence-corrected chi connectivity index (χ4v) is 0.374. The minimum absolute atomic E-state index is 0.887. The van der Waals surface area contributed by atoms with Crippen LogP contribution in [0.2, 0.25) is 0 Å². The molecule has 0 aromatic carbocycles. The lowest BCUT2D eigenvalue weighted by atomic mass is 10.8. The first-order valence-corrected chi connectivity index (χ1v) is 2.92. The van der Waals surface area contributed by atoms with Gasteiger partial charge in [-0.15, -0.1) is 0 Å². The van der Waals surface area contributed by atoms with Crippen molar-refractivity contribution in [1.82, 2.24) is 10.4 Å². The zero-order valence-electron chi connectivity index (χ0n) is 4.81. The zero-order chi connectivity index (χ0) is 5.70. The van der Waals surface area contributed by atoms with Crippen LogP contribution in [-0.2, 0) is 0 Å². The zero-order valence-corrected chi connectivity index (χ0v) is 5.70. The number of hydrogen-bond donors (Lipinski definition) is 2. The first-order valence-electron chi connectivity index (χ1n) is 2.29. The monoisotopic (exact) mass is 120 g/mol. The van der Waals surface area contributed by atoms with Crippen molar-refractivity contribution in [2.75, 3.05) is 26.4 Å². The van der Waals surface area contributed by atoms with Gasteiger partial charge in [0.2, 0.25) is 0 Å². The molecule has 0 aliphatic heterocycles. The van der Waals surface area contributed by atoms with Crippen molar-refractivity contribution < 1.29 is 0 Å². The SMILES string of the molecule is CN(C)NCCS. The maximum Gasteiger partial charge on any atom is 0.0190 e. The van der Waals surface area contributed by atoms with E-state index in [1.165, 1.54) is 0 Å². The molecule has 0 unspecified atom stereocenters. The van der Waals surface area contributed by atoms with Crippen molar-refractivity contribution in [3.8, 4) is 0 Å². The second-order valence-corrected chi connectivity index (χ2v) is 1.97. The summed E-state index contributed by atoms with van der Waals surface area (Å²) in [7, 11) is 3.92. The Morgan fingerprint density at radius 1 is 1.57 bits per heavy atom. The Morgan fingerprint density at radius 2 is 2.14 bits per heavy atom. The van der Waals surface area contributed by atoms with Crippen LogP contribution in [0.4, 0.5) is 0 Å². The fourth-order valence-electron chi connectivity index (χ4n) is 0.274. The van der Waals surface area contributed by atoms with Crippen LogP contribution in [0.3, 0.4) is 0 Å². The average Bonchev–Trinajstić information content (AvgIpc) is 1.61. The smallest absolute Gasteiger partial charge is 0.0190 e. The number of hydrazine groups is 1. The standard InChI is InChI=1S/C4H12N2S/c1-6(2)5-3-4-7/h5,7H,3-4H2,1-2H3. The molecular weight excluding hydrogens is 108 g/mol. The summed E-state index contributed by atoms with van der Waals surface area (Å²) in [6.45, 7) is 0.941. The van der Waals surface area contributed by atoms with E-state index in [0.29, 0.717) is 0 Å². The molecule has 0 saturated heterocycles. The van der Waals surface area contributed by atoms with E-state index in [0.717, 1.165) is 12.3 Å². The molecule has 0 aromatic heterocycles. The summed E-state index contributed by atoms with van der Waals surface area (Å²) in [5, 5.41) is 1.91. The van der Waals surface area contributed by atoms with E-state index >= 15 is 0 Å². The summed E-state index contributed by atoms with van der Waals surface area (Å²) >= 11 is 4.01. The van der Waals surface area contributed by atoms with Gasteiger partial charge in [-0.05, 0) is 0 Å². The maximum absolute atomic E-state index is 4.01. The third-order valence-electron chi connectivity index (χ3n) is 0.540. The molecule has 7 heavy (non-hydrogen) atoms. The lowest BCUT2D eigenvalue weighted by Crippen LogP contribution is -2.31. The molecule has 0 radical (unpaired) electrons. The Hall–Kier alpha value is 0.270. The van der Waals surface area contributed by atoms with E-state index in [4.69, 9.17) is 0 Å². The van der Waals surface area contributed by atoms with Crippen LogP contribution in [0.25, 0.3) is 0 Å². The molecule has 0 aromatic rings. The molecule has 0 atom stereocenters. The van der Waals surface area contributed by atoms with Gasteiger partial charge in [-0.3, -0.25) is 10.4 Å². The van der Waals surface area contributed by atoms with Crippen LogP contribution in [0, 0.1) is 0 Å². The van der Waals surface area contributed by atoms with Crippen LogP contribution in [0.15, 0.2) is 0 Å².